The highest BCUT2D eigenvalue weighted by Gasteiger charge is 2.39. The van der Waals surface area contributed by atoms with Gasteiger partial charge in [0, 0.05) is 12.6 Å². The highest BCUT2D eigenvalue weighted by molar-refractivity contribution is 5.89. The van der Waals surface area contributed by atoms with Gasteiger partial charge in [0.1, 0.15) is 5.69 Å². The molecule has 0 radical (unpaired) electrons. The van der Waals surface area contributed by atoms with Crippen molar-refractivity contribution < 1.29 is 31.9 Å². The number of likely N-dealkylation sites (N-methyl/N-ethyl adjacent to an activating group) is 1. The number of rotatable bonds is 3. The predicted molar refractivity (Wildman–Crippen MR) is 68.0 cm³/mol. The first-order valence-electron chi connectivity index (χ1n) is 5.78. The van der Waals surface area contributed by atoms with Gasteiger partial charge in [-0.1, -0.05) is 5.92 Å². The van der Waals surface area contributed by atoms with Crippen molar-refractivity contribution in [2.24, 2.45) is 0 Å². The number of hydrogen-bond acceptors (Lipinski definition) is 2. The van der Waals surface area contributed by atoms with Gasteiger partial charge in [-0.2, -0.15) is 13.2 Å². The van der Waals surface area contributed by atoms with E-state index in [1.54, 1.807) is 5.32 Å². The van der Waals surface area contributed by atoms with Gasteiger partial charge < -0.3 is 15.3 Å². The summed E-state index contributed by atoms with van der Waals surface area (Å²) >= 11 is 0. The lowest BCUT2D eigenvalue weighted by atomic mass is 10.2. The molecule has 2 amide bonds. The van der Waals surface area contributed by atoms with Gasteiger partial charge in [0.2, 0.25) is 0 Å². The lowest BCUT2D eigenvalue weighted by Gasteiger charge is -2.23. The van der Waals surface area contributed by atoms with Gasteiger partial charge in [-0.15, -0.1) is 6.42 Å². The number of nitrogens with zero attached hydrogens (tertiary/aromatic N) is 1. The van der Waals surface area contributed by atoms with Gasteiger partial charge in [-0.25, -0.2) is 13.6 Å². The molecule has 0 fully saturated rings. The summed E-state index contributed by atoms with van der Waals surface area (Å²) in [6, 6.07) is 0.335. The predicted octanol–water partition coefficient (Wildman–Crippen LogP) is 2.33. The Morgan fingerprint density at radius 3 is 2.32 bits per heavy atom. The van der Waals surface area contributed by atoms with Crippen molar-refractivity contribution in [2.45, 2.75) is 12.3 Å². The van der Waals surface area contributed by atoms with Gasteiger partial charge in [-0.05, 0) is 12.1 Å². The number of amides is 2. The number of anilines is 1. The third kappa shape index (κ3) is 4.33. The fourth-order valence-electron chi connectivity index (χ4n) is 1.42. The Morgan fingerprint density at radius 1 is 1.41 bits per heavy atom. The smallest absolute Gasteiger partial charge is 0.382 e. The highest BCUT2D eigenvalue weighted by atomic mass is 19.4. The van der Waals surface area contributed by atoms with Crippen LogP contribution in [0.25, 0.3) is 0 Å². The molecule has 2 N–H and O–H groups in total. The van der Waals surface area contributed by atoms with E-state index < -0.39 is 42.2 Å². The molecule has 22 heavy (non-hydrogen) atoms. The lowest BCUT2D eigenvalue weighted by molar-refractivity contribution is -0.205. The topological polar surface area (TPSA) is 52.6 Å². The van der Waals surface area contributed by atoms with E-state index >= 15 is 0 Å². The van der Waals surface area contributed by atoms with Crippen LogP contribution in [0.5, 0.6) is 0 Å². The third-order valence-corrected chi connectivity index (χ3v) is 2.61. The maximum atomic E-state index is 13.6. The number of nitrogens with one attached hydrogen (secondary N) is 1. The minimum Gasteiger partial charge on any atom is -0.382 e. The highest BCUT2D eigenvalue weighted by Crippen LogP contribution is 2.22. The summed E-state index contributed by atoms with van der Waals surface area (Å²) < 4.78 is 63.6. The number of alkyl halides is 3. The normalized spacial score (nSPS) is 12.5. The maximum absolute atomic E-state index is 13.6. The summed E-state index contributed by atoms with van der Waals surface area (Å²) in [4.78, 5) is 12.0. The van der Waals surface area contributed by atoms with Crippen LogP contribution in [0.1, 0.15) is 5.56 Å². The van der Waals surface area contributed by atoms with Gasteiger partial charge in [-0.3, -0.25) is 0 Å². The number of carbonyl (C=O) groups is 1. The van der Waals surface area contributed by atoms with Crippen molar-refractivity contribution in [2.75, 3.05) is 18.9 Å². The standard InChI is InChI=1S/C13H11F5N2O2/c1-3-7-4-8(14)11(9(15)5-7)19-12(22)20(2)6-10(21)13(16,17)18/h1,4-5,10,21H,6H2,2H3,(H,19,22). The number of aliphatic hydroxyl groups is 1. The van der Waals surface area contributed by atoms with Crippen LogP contribution in [0.4, 0.5) is 32.4 Å². The minimum absolute atomic E-state index is 0.103. The third-order valence-electron chi connectivity index (χ3n) is 2.61. The van der Waals surface area contributed by atoms with Gasteiger partial charge in [0.15, 0.2) is 17.7 Å². The van der Waals surface area contributed by atoms with Crippen LogP contribution in [0.3, 0.4) is 0 Å². The maximum Gasteiger partial charge on any atom is 0.416 e. The van der Waals surface area contributed by atoms with Crippen molar-refractivity contribution >= 4 is 11.7 Å². The van der Waals surface area contributed by atoms with Crippen LogP contribution in [0.15, 0.2) is 12.1 Å². The van der Waals surface area contributed by atoms with Gasteiger partial charge in [0.05, 0.1) is 6.54 Å². The Kier molecular flexibility index (Phi) is 5.33. The number of hydrogen-bond donors (Lipinski definition) is 2. The minimum atomic E-state index is -4.92. The van der Waals surface area contributed by atoms with E-state index in [4.69, 9.17) is 11.5 Å². The van der Waals surface area contributed by atoms with Crippen LogP contribution >= 0.6 is 0 Å². The molecule has 1 aromatic carbocycles. The molecule has 1 rings (SSSR count). The van der Waals surface area contributed by atoms with Crippen molar-refractivity contribution in [3.63, 3.8) is 0 Å². The zero-order valence-electron chi connectivity index (χ0n) is 11.2. The monoisotopic (exact) mass is 322 g/mol. The summed E-state index contributed by atoms with van der Waals surface area (Å²) in [5.41, 5.74) is -0.953. The summed E-state index contributed by atoms with van der Waals surface area (Å²) in [6.45, 7) is -1.10. The number of carbonyl (C=O) groups excluding carboxylic acids is 1. The Balaban J connectivity index is 2.84. The van der Waals surface area contributed by atoms with Crippen LogP contribution in [-0.2, 0) is 0 Å². The molecule has 1 atom stereocenters. The average Bonchev–Trinajstić information content (AvgIpc) is 2.40. The molecular formula is C13H11F5N2O2. The first-order chi connectivity index (χ1) is 10.1. The molecule has 0 saturated heterocycles. The molecule has 1 aromatic rings. The van der Waals surface area contributed by atoms with Gasteiger partial charge >= 0.3 is 12.2 Å². The van der Waals surface area contributed by atoms with E-state index in [-0.39, 0.29) is 5.56 Å². The Morgan fingerprint density at radius 2 is 1.91 bits per heavy atom. The number of aliphatic hydroxyl groups excluding tert-OH is 1. The molecule has 1 unspecified atom stereocenters. The molecule has 0 bridgehead atoms. The van der Waals surface area contributed by atoms with E-state index in [1.165, 1.54) is 0 Å². The molecule has 0 aromatic heterocycles. The second-order valence-electron chi connectivity index (χ2n) is 4.33. The van der Waals surface area contributed by atoms with Crippen molar-refractivity contribution in [1.82, 2.24) is 4.90 Å². The van der Waals surface area contributed by atoms with Crippen LogP contribution < -0.4 is 5.32 Å². The summed E-state index contributed by atoms with van der Waals surface area (Å²) in [5.74, 6) is -0.356. The largest absolute Gasteiger partial charge is 0.416 e. The molecule has 4 nitrogen and oxygen atoms in total. The molecule has 0 saturated carbocycles. The van der Waals surface area contributed by atoms with Crippen LogP contribution in [0.2, 0.25) is 0 Å². The van der Waals surface area contributed by atoms with E-state index in [9.17, 15) is 26.7 Å². The second-order valence-corrected chi connectivity index (χ2v) is 4.33. The fourth-order valence-corrected chi connectivity index (χ4v) is 1.42. The Labute approximate surface area is 122 Å². The lowest BCUT2D eigenvalue weighted by Crippen LogP contribution is -2.43. The molecule has 0 aliphatic rings. The molecule has 0 spiro atoms. The summed E-state index contributed by atoms with van der Waals surface area (Å²) in [7, 11) is 0.926. The molecule has 0 heterocycles. The van der Waals surface area contributed by atoms with E-state index in [0.717, 1.165) is 19.2 Å². The van der Waals surface area contributed by atoms with Crippen molar-refractivity contribution in [3.8, 4) is 12.3 Å². The quantitative estimate of drug-likeness (QED) is 0.663. The zero-order chi connectivity index (χ0) is 17.1. The molecule has 9 heteroatoms. The molecular weight excluding hydrogens is 311 g/mol. The number of terminal acetylenes is 1. The molecule has 0 aliphatic carbocycles. The first kappa shape index (κ1) is 17.7. The fraction of sp³-hybridized carbons (Fsp3) is 0.308. The SMILES string of the molecule is C#Cc1cc(F)c(NC(=O)N(C)CC(O)C(F)(F)F)c(F)c1. The number of benzene rings is 1. The summed E-state index contributed by atoms with van der Waals surface area (Å²) in [5, 5.41) is 10.6. The van der Waals surface area contributed by atoms with Crippen LogP contribution in [0, 0.1) is 24.0 Å². The van der Waals surface area contributed by atoms with E-state index in [0.29, 0.717) is 4.90 Å². The first-order valence-corrected chi connectivity index (χ1v) is 5.78. The Bertz CT molecular complexity index is 586. The molecule has 0 aliphatic heterocycles. The Hall–Kier alpha value is -2.34. The van der Waals surface area contributed by atoms with Crippen molar-refractivity contribution in [3.05, 3.63) is 29.3 Å². The second kappa shape index (κ2) is 6.62. The van der Waals surface area contributed by atoms with E-state index in [1.807, 2.05) is 5.92 Å². The molecule has 120 valence electrons. The number of urea groups is 1. The van der Waals surface area contributed by atoms with Gasteiger partial charge in [0.25, 0.3) is 0 Å². The van der Waals surface area contributed by atoms with E-state index in [2.05, 4.69) is 0 Å². The number of halogens is 5. The van der Waals surface area contributed by atoms with Crippen molar-refractivity contribution in [1.29, 1.82) is 0 Å². The zero-order valence-corrected chi connectivity index (χ0v) is 11.2. The summed E-state index contributed by atoms with van der Waals surface area (Å²) in [6.07, 6.45) is -2.72. The average molecular weight is 322 g/mol. The van der Waals surface area contributed by atoms with Crippen LogP contribution in [-0.4, -0.2) is 41.9 Å².